The fourth-order valence-electron chi connectivity index (χ4n) is 3.75. The summed E-state index contributed by atoms with van der Waals surface area (Å²) in [6, 6.07) is 14.7. The van der Waals surface area contributed by atoms with Crippen LogP contribution in [0.25, 0.3) is 0 Å². The average Bonchev–Trinajstić information content (AvgIpc) is 3.12. The molecular weight excluding hydrogens is 410 g/mol. The zero-order valence-corrected chi connectivity index (χ0v) is 18.7. The Bertz CT molecular complexity index is 1100. The van der Waals surface area contributed by atoms with E-state index in [4.69, 9.17) is 9.47 Å². The molecule has 31 heavy (non-hydrogen) atoms. The normalized spacial score (nSPS) is 15.1. The smallest absolute Gasteiger partial charge is 0.341 e. The number of rotatable bonds is 5. The van der Waals surface area contributed by atoms with Crippen molar-refractivity contribution >= 4 is 28.2 Å². The van der Waals surface area contributed by atoms with E-state index in [1.165, 1.54) is 18.4 Å². The lowest BCUT2D eigenvalue weighted by molar-refractivity contribution is 0.0601. The Morgan fingerprint density at radius 3 is 2.32 bits per heavy atom. The molecule has 0 fully saturated rings. The maximum absolute atomic E-state index is 12.9. The largest absolute Gasteiger partial charge is 0.465 e. The summed E-state index contributed by atoms with van der Waals surface area (Å²) in [7, 11) is 1.37. The molecule has 1 heterocycles. The third-order valence-electron chi connectivity index (χ3n) is 5.50. The number of methoxy groups -OCH3 is 1. The molecule has 1 aliphatic carbocycles. The third-order valence-corrected chi connectivity index (χ3v) is 6.67. The molecule has 0 spiro atoms. The number of carbonyl (C=O) groups is 2. The van der Waals surface area contributed by atoms with Crippen LogP contribution < -0.4 is 10.1 Å². The lowest BCUT2D eigenvalue weighted by atomic mass is 9.88. The first-order chi connectivity index (χ1) is 14.9. The first-order valence-electron chi connectivity index (χ1n) is 10.3. The van der Waals surface area contributed by atoms with Crippen molar-refractivity contribution in [1.29, 1.82) is 0 Å². The van der Waals surface area contributed by atoms with Crippen molar-refractivity contribution in [2.45, 2.75) is 33.1 Å². The number of fused-ring (bicyclic) bond motifs is 1. The average molecular weight is 436 g/mol. The molecule has 1 N–H and O–H groups in total. The number of nitrogens with one attached hydrogen (secondary N) is 1. The van der Waals surface area contributed by atoms with Gasteiger partial charge in [-0.05, 0) is 74.1 Å². The number of anilines is 1. The van der Waals surface area contributed by atoms with Gasteiger partial charge >= 0.3 is 5.97 Å². The van der Waals surface area contributed by atoms with Gasteiger partial charge in [0.15, 0.2) is 0 Å². The summed E-state index contributed by atoms with van der Waals surface area (Å²) in [5.74, 6) is 1.30. The molecule has 1 atom stereocenters. The van der Waals surface area contributed by atoms with Gasteiger partial charge in [-0.25, -0.2) is 4.79 Å². The second-order valence-corrected chi connectivity index (χ2v) is 9.05. The van der Waals surface area contributed by atoms with Crippen LogP contribution in [0.1, 0.15) is 50.1 Å². The molecular formula is C25H25NO4S. The van der Waals surface area contributed by atoms with Crippen molar-refractivity contribution in [3.8, 4) is 11.5 Å². The number of amides is 1. The van der Waals surface area contributed by atoms with Crippen molar-refractivity contribution in [3.63, 3.8) is 0 Å². The maximum Gasteiger partial charge on any atom is 0.341 e. The molecule has 1 aliphatic rings. The third kappa shape index (κ3) is 4.64. The van der Waals surface area contributed by atoms with Crippen LogP contribution in [-0.2, 0) is 17.6 Å². The second-order valence-electron chi connectivity index (χ2n) is 7.94. The molecule has 6 heteroatoms. The summed E-state index contributed by atoms with van der Waals surface area (Å²) in [6.07, 6.45) is 2.78. The highest BCUT2D eigenvalue weighted by Gasteiger charge is 2.29. The highest BCUT2D eigenvalue weighted by molar-refractivity contribution is 7.17. The van der Waals surface area contributed by atoms with Crippen LogP contribution in [0.5, 0.6) is 11.5 Å². The minimum Gasteiger partial charge on any atom is -0.465 e. The molecule has 0 aliphatic heterocycles. The Morgan fingerprint density at radius 2 is 1.68 bits per heavy atom. The number of hydrogen-bond acceptors (Lipinski definition) is 5. The number of benzene rings is 2. The van der Waals surface area contributed by atoms with Gasteiger partial charge in [-0.3, -0.25) is 4.79 Å². The van der Waals surface area contributed by atoms with E-state index in [2.05, 4.69) is 12.2 Å². The van der Waals surface area contributed by atoms with Crippen LogP contribution in [0.4, 0.5) is 5.00 Å². The van der Waals surface area contributed by atoms with Gasteiger partial charge in [0.25, 0.3) is 5.91 Å². The summed E-state index contributed by atoms with van der Waals surface area (Å²) in [5.41, 5.74) is 3.18. The molecule has 1 aromatic heterocycles. The monoisotopic (exact) mass is 435 g/mol. The molecule has 4 rings (SSSR count). The predicted molar refractivity (Wildman–Crippen MR) is 122 cm³/mol. The first kappa shape index (κ1) is 21.1. The molecule has 5 nitrogen and oxygen atoms in total. The summed E-state index contributed by atoms with van der Waals surface area (Å²) >= 11 is 1.48. The Labute approximate surface area is 186 Å². The number of carbonyl (C=O) groups excluding carboxylic acids is 2. The number of esters is 1. The van der Waals surface area contributed by atoms with Gasteiger partial charge in [-0.15, -0.1) is 11.3 Å². The van der Waals surface area contributed by atoms with E-state index in [1.807, 2.05) is 31.2 Å². The van der Waals surface area contributed by atoms with Gasteiger partial charge in [0, 0.05) is 10.4 Å². The Balaban J connectivity index is 1.51. The highest BCUT2D eigenvalue weighted by Crippen LogP contribution is 2.40. The number of aryl methyl sites for hydroxylation is 1. The molecule has 1 amide bonds. The van der Waals surface area contributed by atoms with E-state index in [-0.39, 0.29) is 5.91 Å². The van der Waals surface area contributed by atoms with Crippen molar-refractivity contribution in [2.24, 2.45) is 5.92 Å². The molecule has 0 saturated heterocycles. The fraction of sp³-hybridized carbons (Fsp3) is 0.280. The van der Waals surface area contributed by atoms with Gasteiger partial charge in [-0.1, -0.05) is 24.6 Å². The number of ether oxygens (including phenoxy) is 2. The van der Waals surface area contributed by atoms with E-state index < -0.39 is 5.97 Å². The summed E-state index contributed by atoms with van der Waals surface area (Å²) in [6.45, 7) is 4.23. The predicted octanol–water partition coefficient (Wildman–Crippen LogP) is 6.01. The van der Waals surface area contributed by atoms with E-state index in [0.29, 0.717) is 27.8 Å². The molecule has 0 saturated carbocycles. The topological polar surface area (TPSA) is 64.6 Å². The van der Waals surface area contributed by atoms with Gasteiger partial charge in [0.1, 0.15) is 16.5 Å². The minimum atomic E-state index is -0.399. The lowest BCUT2D eigenvalue weighted by Gasteiger charge is -2.18. The van der Waals surface area contributed by atoms with Crippen molar-refractivity contribution in [3.05, 3.63) is 75.7 Å². The van der Waals surface area contributed by atoms with Crippen LogP contribution in [0.3, 0.4) is 0 Å². The molecule has 3 aromatic rings. The molecule has 0 bridgehead atoms. The molecule has 160 valence electrons. The minimum absolute atomic E-state index is 0.265. The summed E-state index contributed by atoms with van der Waals surface area (Å²) < 4.78 is 10.8. The highest BCUT2D eigenvalue weighted by atomic mass is 32.1. The molecule has 0 radical (unpaired) electrons. The van der Waals surface area contributed by atoms with Crippen LogP contribution >= 0.6 is 11.3 Å². The van der Waals surface area contributed by atoms with Gasteiger partial charge < -0.3 is 14.8 Å². The SMILES string of the molecule is COC(=O)c1c(NC(=O)c2ccc(Oc3ccc(C)cc3)cc2)sc2c1CCC(C)C2. The zero-order chi connectivity index (χ0) is 22.0. The van der Waals surface area contributed by atoms with E-state index in [9.17, 15) is 9.59 Å². The number of hydrogen-bond donors (Lipinski definition) is 1. The summed E-state index contributed by atoms with van der Waals surface area (Å²) in [5, 5.41) is 3.49. The molecule has 2 aromatic carbocycles. The maximum atomic E-state index is 12.9. The Hall–Kier alpha value is -3.12. The van der Waals surface area contributed by atoms with E-state index in [0.717, 1.165) is 41.0 Å². The first-order valence-corrected chi connectivity index (χ1v) is 11.1. The molecule has 1 unspecified atom stereocenters. The van der Waals surface area contributed by atoms with Gasteiger partial charge in [0.2, 0.25) is 0 Å². The summed E-state index contributed by atoms with van der Waals surface area (Å²) in [4.78, 5) is 26.5. The van der Waals surface area contributed by atoms with Crippen LogP contribution in [0, 0.1) is 12.8 Å². The second kappa shape index (κ2) is 8.94. The van der Waals surface area contributed by atoms with Crippen LogP contribution in [0.2, 0.25) is 0 Å². The van der Waals surface area contributed by atoms with Crippen LogP contribution in [-0.4, -0.2) is 19.0 Å². The van der Waals surface area contributed by atoms with Crippen molar-refractivity contribution in [2.75, 3.05) is 12.4 Å². The Morgan fingerprint density at radius 1 is 1.03 bits per heavy atom. The van der Waals surface area contributed by atoms with Gasteiger partial charge in [-0.2, -0.15) is 0 Å². The fourth-order valence-corrected chi connectivity index (χ4v) is 5.14. The van der Waals surface area contributed by atoms with Crippen molar-refractivity contribution in [1.82, 2.24) is 0 Å². The van der Waals surface area contributed by atoms with Crippen LogP contribution in [0.15, 0.2) is 48.5 Å². The zero-order valence-electron chi connectivity index (χ0n) is 17.9. The van der Waals surface area contributed by atoms with E-state index in [1.54, 1.807) is 24.3 Å². The van der Waals surface area contributed by atoms with E-state index >= 15 is 0 Å². The number of thiophene rings is 1. The lowest BCUT2D eigenvalue weighted by Crippen LogP contribution is -2.16. The van der Waals surface area contributed by atoms with Gasteiger partial charge in [0.05, 0.1) is 12.7 Å². The standard InChI is InChI=1S/C25H25NO4S/c1-15-4-9-18(10-5-15)30-19-11-7-17(8-12-19)23(27)26-24-22(25(28)29-3)20-13-6-16(2)14-21(20)31-24/h4-5,7-12,16H,6,13-14H2,1-3H3,(H,26,27). The van der Waals surface area contributed by atoms with Crippen molar-refractivity contribution < 1.29 is 19.1 Å². The quantitative estimate of drug-likeness (QED) is 0.498. The Kier molecular flexibility index (Phi) is 6.09.